The summed E-state index contributed by atoms with van der Waals surface area (Å²) in [6, 6.07) is 3.39. The van der Waals surface area contributed by atoms with Gasteiger partial charge >= 0.3 is 0 Å². The van der Waals surface area contributed by atoms with Gasteiger partial charge in [0.05, 0.1) is 6.26 Å². The van der Waals surface area contributed by atoms with Gasteiger partial charge in [0.2, 0.25) is 5.91 Å². The number of hydrogen-bond donors (Lipinski definition) is 0. The van der Waals surface area contributed by atoms with E-state index in [9.17, 15) is 9.59 Å². The smallest absolute Gasteiger partial charge is 0.289 e. The highest BCUT2D eigenvalue weighted by Gasteiger charge is 2.26. The van der Waals surface area contributed by atoms with Crippen molar-refractivity contribution in [3.63, 3.8) is 0 Å². The van der Waals surface area contributed by atoms with Gasteiger partial charge in [-0.3, -0.25) is 9.59 Å². The van der Waals surface area contributed by atoms with Crippen LogP contribution in [0.5, 0.6) is 0 Å². The van der Waals surface area contributed by atoms with Crippen molar-refractivity contribution in [2.45, 2.75) is 6.42 Å². The topological polar surface area (TPSA) is 60.2 Å². The maximum absolute atomic E-state index is 12.4. The zero-order valence-corrected chi connectivity index (χ0v) is 14.3. The second kappa shape index (κ2) is 7.81. The monoisotopic (exact) mass is 334 g/mol. The molecule has 0 spiro atoms. The first-order valence-electron chi connectivity index (χ1n) is 8.65. The Balaban J connectivity index is 1.39. The van der Waals surface area contributed by atoms with Crippen molar-refractivity contribution in [2.75, 3.05) is 66.0 Å². The normalized spacial score (nSPS) is 20.4. The molecule has 2 saturated heterocycles. The van der Waals surface area contributed by atoms with E-state index in [1.54, 1.807) is 17.0 Å². The number of hydrogen-bond acceptors (Lipinski definition) is 5. The van der Waals surface area contributed by atoms with Gasteiger partial charge in [0.15, 0.2) is 5.76 Å². The average molecular weight is 334 g/mol. The molecule has 0 atom stereocenters. The lowest BCUT2D eigenvalue weighted by molar-refractivity contribution is -0.133. The molecule has 2 aliphatic rings. The standard InChI is InChI=1S/C17H26N4O3/c1-18-6-8-19(9-7-18)5-4-16(22)20-10-12-21(13-11-20)17(23)15-3-2-14-24-15/h2-3,14H,4-13H2,1H3. The number of likely N-dealkylation sites (N-methyl/N-ethyl adjacent to an activating group) is 1. The lowest BCUT2D eigenvalue weighted by Gasteiger charge is -2.35. The minimum Gasteiger partial charge on any atom is -0.459 e. The Labute approximate surface area is 142 Å². The zero-order chi connectivity index (χ0) is 16.9. The Bertz CT molecular complexity index is 544. The van der Waals surface area contributed by atoms with Gasteiger partial charge in [-0.1, -0.05) is 0 Å². The Hall–Kier alpha value is -1.86. The van der Waals surface area contributed by atoms with Crippen LogP contribution in [0.15, 0.2) is 22.8 Å². The highest BCUT2D eigenvalue weighted by atomic mass is 16.3. The van der Waals surface area contributed by atoms with E-state index in [1.807, 2.05) is 4.90 Å². The number of carbonyl (C=O) groups excluding carboxylic acids is 2. The molecule has 0 bridgehead atoms. The van der Waals surface area contributed by atoms with Crippen molar-refractivity contribution in [3.05, 3.63) is 24.2 Å². The third-order valence-corrected chi connectivity index (χ3v) is 4.89. The minimum absolute atomic E-state index is 0.0930. The summed E-state index contributed by atoms with van der Waals surface area (Å²) in [5, 5.41) is 0. The summed E-state index contributed by atoms with van der Waals surface area (Å²) < 4.78 is 5.16. The molecular formula is C17H26N4O3. The molecule has 0 unspecified atom stereocenters. The van der Waals surface area contributed by atoms with Gasteiger partial charge in [-0.2, -0.15) is 0 Å². The third kappa shape index (κ3) is 4.15. The Morgan fingerprint density at radius 3 is 2.29 bits per heavy atom. The fourth-order valence-electron chi connectivity index (χ4n) is 3.20. The van der Waals surface area contributed by atoms with Crippen LogP contribution in [0.2, 0.25) is 0 Å². The maximum Gasteiger partial charge on any atom is 0.289 e. The number of carbonyl (C=O) groups is 2. The molecule has 7 heteroatoms. The van der Waals surface area contributed by atoms with Gasteiger partial charge in [0.25, 0.3) is 5.91 Å². The number of amides is 2. The molecule has 0 aromatic carbocycles. The van der Waals surface area contributed by atoms with Crippen LogP contribution in [-0.2, 0) is 4.79 Å². The van der Waals surface area contributed by atoms with E-state index in [2.05, 4.69) is 16.8 Å². The largest absolute Gasteiger partial charge is 0.459 e. The summed E-state index contributed by atoms with van der Waals surface area (Å²) in [7, 11) is 2.13. The van der Waals surface area contributed by atoms with E-state index in [4.69, 9.17) is 4.42 Å². The lowest BCUT2D eigenvalue weighted by Crippen LogP contribution is -2.51. The first-order chi connectivity index (χ1) is 11.6. The SMILES string of the molecule is CN1CCN(CCC(=O)N2CCN(C(=O)c3ccco3)CC2)CC1. The summed E-state index contributed by atoms with van der Waals surface area (Å²) in [5.41, 5.74) is 0. The van der Waals surface area contributed by atoms with Crippen molar-refractivity contribution < 1.29 is 14.0 Å². The van der Waals surface area contributed by atoms with Crippen molar-refractivity contribution in [3.8, 4) is 0 Å². The first kappa shape index (κ1) is 17.0. The van der Waals surface area contributed by atoms with Gasteiger partial charge in [0, 0.05) is 65.3 Å². The van der Waals surface area contributed by atoms with Crippen LogP contribution in [0.1, 0.15) is 17.0 Å². The number of nitrogens with zero attached hydrogens (tertiary/aromatic N) is 4. The molecule has 132 valence electrons. The highest BCUT2D eigenvalue weighted by molar-refractivity contribution is 5.91. The second-order valence-corrected chi connectivity index (χ2v) is 6.55. The van der Waals surface area contributed by atoms with E-state index >= 15 is 0 Å². The van der Waals surface area contributed by atoms with Crippen LogP contribution >= 0.6 is 0 Å². The van der Waals surface area contributed by atoms with Gasteiger partial charge in [0.1, 0.15) is 0 Å². The lowest BCUT2D eigenvalue weighted by atomic mass is 10.2. The van der Waals surface area contributed by atoms with Crippen LogP contribution in [-0.4, -0.2) is 97.4 Å². The molecule has 2 aliphatic heterocycles. The highest BCUT2D eigenvalue weighted by Crippen LogP contribution is 2.10. The van der Waals surface area contributed by atoms with E-state index in [0.29, 0.717) is 38.4 Å². The van der Waals surface area contributed by atoms with E-state index in [1.165, 1.54) is 6.26 Å². The van der Waals surface area contributed by atoms with Crippen molar-refractivity contribution in [1.29, 1.82) is 0 Å². The third-order valence-electron chi connectivity index (χ3n) is 4.89. The Morgan fingerprint density at radius 2 is 1.67 bits per heavy atom. The van der Waals surface area contributed by atoms with Gasteiger partial charge < -0.3 is 24.0 Å². The van der Waals surface area contributed by atoms with Crippen LogP contribution in [0.3, 0.4) is 0 Å². The second-order valence-electron chi connectivity index (χ2n) is 6.55. The fraction of sp³-hybridized carbons (Fsp3) is 0.647. The quantitative estimate of drug-likeness (QED) is 0.787. The number of rotatable bonds is 4. The van der Waals surface area contributed by atoms with Crippen molar-refractivity contribution in [1.82, 2.24) is 19.6 Å². The van der Waals surface area contributed by atoms with E-state index in [0.717, 1.165) is 32.7 Å². The molecule has 7 nitrogen and oxygen atoms in total. The minimum atomic E-state index is -0.0930. The number of furan rings is 1. The molecule has 3 heterocycles. The van der Waals surface area contributed by atoms with Crippen molar-refractivity contribution >= 4 is 11.8 Å². The molecule has 0 aliphatic carbocycles. The summed E-state index contributed by atoms with van der Waals surface area (Å²) >= 11 is 0. The molecule has 1 aromatic rings. The molecular weight excluding hydrogens is 308 g/mol. The first-order valence-corrected chi connectivity index (χ1v) is 8.65. The Morgan fingerprint density at radius 1 is 1.00 bits per heavy atom. The van der Waals surface area contributed by atoms with E-state index < -0.39 is 0 Å². The summed E-state index contributed by atoms with van der Waals surface area (Å²) in [5.74, 6) is 0.466. The molecule has 0 saturated carbocycles. The maximum atomic E-state index is 12.4. The summed E-state index contributed by atoms with van der Waals surface area (Å²) in [6.45, 7) is 7.40. The molecule has 2 fully saturated rings. The number of piperazine rings is 2. The van der Waals surface area contributed by atoms with Crippen molar-refractivity contribution in [2.24, 2.45) is 0 Å². The summed E-state index contributed by atoms with van der Waals surface area (Å²) in [4.78, 5) is 32.9. The molecule has 1 aromatic heterocycles. The fourth-order valence-corrected chi connectivity index (χ4v) is 3.20. The Kier molecular flexibility index (Phi) is 5.52. The van der Waals surface area contributed by atoms with Crippen LogP contribution in [0, 0.1) is 0 Å². The van der Waals surface area contributed by atoms with E-state index in [-0.39, 0.29) is 11.8 Å². The van der Waals surface area contributed by atoms with Crippen LogP contribution in [0.4, 0.5) is 0 Å². The molecule has 24 heavy (non-hydrogen) atoms. The molecule has 3 rings (SSSR count). The average Bonchev–Trinajstić information content (AvgIpc) is 3.15. The van der Waals surface area contributed by atoms with Gasteiger partial charge in [-0.25, -0.2) is 0 Å². The summed E-state index contributed by atoms with van der Waals surface area (Å²) in [6.07, 6.45) is 2.07. The van der Waals surface area contributed by atoms with Crippen LogP contribution < -0.4 is 0 Å². The zero-order valence-electron chi connectivity index (χ0n) is 14.3. The predicted octanol–water partition coefficient (Wildman–Crippen LogP) is 0.202. The predicted molar refractivity (Wildman–Crippen MR) is 89.7 cm³/mol. The molecule has 0 N–H and O–H groups in total. The molecule has 2 amide bonds. The van der Waals surface area contributed by atoms with Gasteiger partial charge in [-0.15, -0.1) is 0 Å². The van der Waals surface area contributed by atoms with Gasteiger partial charge in [-0.05, 0) is 19.2 Å². The molecule has 0 radical (unpaired) electrons. The van der Waals surface area contributed by atoms with Crippen LogP contribution in [0.25, 0.3) is 0 Å².